The molecule has 0 bridgehead atoms. The van der Waals surface area contributed by atoms with Gasteiger partial charge in [-0.1, -0.05) is 18.5 Å². The Balaban J connectivity index is 2.87. The summed E-state index contributed by atoms with van der Waals surface area (Å²) in [7, 11) is 1.56. The first-order valence-corrected chi connectivity index (χ1v) is 5.98. The highest BCUT2D eigenvalue weighted by molar-refractivity contribution is 6.31. The Kier molecular flexibility index (Phi) is 4.92. The van der Waals surface area contributed by atoms with E-state index in [0.29, 0.717) is 17.0 Å². The van der Waals surface area contributed by atoms with Crippen LogP contribution in [0.3, 0.4) is 0 Å². The molecule has 2 unspecified atom stereocenters. The van der Waals surface area contributed by atoms with Crippen LogP contribution in [-0.2, 0) is 11.2 Å². The Morgan fingerprint density at radius 3 is 2.71 bits per heavy atom. The van der Waals surface area contributed by atoms with Gasteiger partial charge in [-0.25, -0.2) is 4.39 Å². The third-order valence-electron chi connectivity index (χ3n) is 3.29. The molecule has 0 saturated carbocycles. The molecule has 1 aromatic carbocycles. The Bertz CT molecular complexity index is 378. The minimum Gasteiger partial charge on any atom is -0.390 e. The molecule has 1 rings (SSSR count). The fourth-order valence-electron chi connectivity index (χ4n) is 1.64. The average Bonchev–Trinajstić information content (AvgIpc) is 2.32. The SMILES string of the molecule is CCC(C)(OC)C(O)Cc1cc(F)ccc1Cl. The molecular formula is C13H18ClFO2. The average molecular weight is 261 g/mol. The van der Waals surface area contributed by atoms with E-state index < -0.39 is 11.7 Å². The first-order chi connectivity index (χ1) is 7.92. The highest BCUT2D eigenvalue weighted by atomic mass is 35.5. The lowest BCUT2D eigenvalue weighted by atomic mass is 9.91. The first-order valence-electron chi connectivity index (χ1n) is 5.60. The third-order valence-corrected chi connectivity index (χ3v) is 3.66. The minimum atomic E-state index is -0.725. The van der Waals surface area contributed by atoms with Crippen LogP contribution in [0.4, 0.5) is 4.39 Å². The quantitative estimate of drug-likeness (QED) is 0.881. The molecule has 4 heteroatoms. The molecule has 0 aliphatic carbocycles. The number of aliphatic hydroxyl groups is 1. The maximum absolute atomic E-state index is 13.1. The monoisotopic (exact) mass is 260 g/mol. The molecule has 0 fully saturated rings. The van der Waals surface area contributed by atoms with Gasteiger partial charge in [-0.3, -0.25) is 0 Å². The summed E-state index contributed by atoms with van der Waals surface area (Å²) in [6.07, 6.45) is 0.212. The number of halogens is 2. The summed E-state index contributed by atoms with van der Waals surface area (Å²) in [5.74, 6) is -0.354. The summed E-state index contributed by atoms with van der Waals surface area (Å²) >= 11 is 5.96. The van der Waals surface area contributed by atoms with Gasteiger partial charge >= 0.3 is 0 Å². The van der Waals surface area contributed by atoms with Crippen LogP contribution in [0.5, 0.6) is 0 Å². The van der Waals surface area contributed by atoms with Crippen molar-refractivity contribution in [2.45, 2.75) is 38.4 Å². The Morgan fingerprint density at radius 1 is 1.53 bits per heavy atom. The first kappa shape index (κ1) is 14.4. The smallest absolute Gasteiger partial charge is 0.123 e. The predicted octanol–water partition coefficient (Wildman–Crippen LogP) is 3.20. The number of hydrogen-bond acceptors (Lipinski definition) is 2. The van der Waals surface area contributed by atoms with Gasteiger partial charge in [0.1, 0.15) is 5.82 Å². The lowest BCUT2D eigenvalue weighted by Crippen LogP contribution is -2.42. The van der Waals surface area contributed by atoms with E-state index in [4.69, 9.17) is 16.3 Å². The van der Waals surface area contributed by atoms with Crippen molar-refractivity contribution in [3.8, 4) is 0 Å². The molecule has 0 aliphatic rings. The second-order valence-corrected chi connectivity index (χ2v) is 4.73. The van der Waals surface area contributed by atoms with Crippen LogP contribution in [0.2, 0.25) is 5.02 Å². The lowest BCUT2D eigenvalue weighted by molar-refractivity contribution is -0.0914. The summed E-state index contributed by atoms with van der Waals surface area (Å²) < 4.78 is 18.4. The number of methoxy groups -OCH3 is 1. The van der Waals surface area contributed by atoms with Gasteiger partial charge in [0.2, 0.25) is 0 Å². The van der Waals surface area contributed by atoms with Crippen LogP contribution in [0.15, 0.2) is 18.2 Å². The van der Waals surface area contributed by atoms with E-state index in [1.807, 2.05) is 13.8 Å². The van der Waals surface area contributed by atoms with Crippen LogP contribution < -0.4 is 0 Å². The summed E-state index contributed by atoms with van der Waals surface area (Å²) in [4.78, 5) is 0. The van der Waals surface area contributed by atoms with Crippen molar-refractivity contribution < 1.29 is 14.2 Å². The molecule has 17 heavy (non-hydrogen) atoms. The second-order valence-electron chi connectivity index (χ2n) is 4.33. The molecule has 96 valence electrons. The summed E-state index contributed by atoms with van der Waals surface area (Å²) in [6, 6.07) is 4.14. The largest absolute Gasteiger partial charge is 0.390 e. The highest BCUT2D eigenvalue weighted by Crippen LogP contribution is 2.25. The predicted molar refractivity (Wildman–Crippen MR) is 66.8 cm³/mol. The maximum atomic E-state index is 13.1. The van der Waals surface area contributed by atoms with Crippen molar-refractivity contribution in [3.63, 3.8) is 0 Å². The van der Waals surface area contributed by atoms with E-state index in [-0.39, 0.29) is 12.2 Å². The van der Waals surface area contributed by atoms with E-state index in [0.717, 1.165) is 0 Å². The molecule has 1 N–H and O–H groups in total. The third kappa shape index (κ3) is 3.41. The second kappa shape index (κ2) is 5.80. The molecule has 0 heterocycles. The number of benzene rings is 1. The molecule has 0 radical (unpaired) electrons. The van der Waals surface area contributed by atoms with E-state index >= 15 is 0 Å². The van der Waals surface area contributed by atoms with Gasteiger partial charge in [-0.2, -0.15) is 0 Å². The van der Waals surface area contributed by atoms with Crippen molar-refractivity contribution in [2.24, 2.45) is 0 Å². The topological polar surface area (TPSA) is 29.5 Å². The van der Waals surface area contributed by atoms with E-state index in [1.165, 1.54) is 18.2 Å². The van der Waals surface area contributed by atoms with Gasteiger partial charge in [0.05, 0.1) is 11.7 Å². The van der Waals surface area contributed by atoms with E-state index in [2.05, 4.69) is 0 Å². The summed E-state index contributed by atoms with van der Waals surface area (Å²) in [5.41, 5.74) is -0.0498. The van der Waals surface area contributed by atoms with Crippen LogP contribution in [-0.4, -0.2) is 23.9 Å². The van der Waals surface area contributed by atoms with Crippen LogP contribution in [0, 0.1) is 5.82 Å². The molecule has 2 atom stereocenters. The van der Waals surface area contributed by atoms with Crippen molar-refractivity contribution in [2.75, 3.05) is 7.11 Å². The van der Waals surface area contributed by atoms with Crippen LogP contribution >= 0.6 is 11.6 Å². The minimum absolute atomic E-state index is 0.273. The molecule has 0 aliphatic heterocycles. The van der Waals surface area contributed by atoms with Gasteiger partial charge < -0.3 is 9.84 Å². The fourth-order valence-corrected chi connectivity index (χ4v) is 1.83. The van der Waals surface area contributed by atoms with E-state index in [1.54, 1.807) is 7.11 Å². The molecule has 0 saturated heterocycles. The van der Waals surface area contributed by atoms with Gasteiger partial charge in [-0.15, -0.1) is 0 Å². The van der Waals surface area contributed by atoms with Gasteiger partial charge in [0.15, 0.2) is 0 Å². The maximum Gasteiger partial charge on any atom is 0.123 e. The normalized spacial score (nSPS) is 16.6. The Morgan fingerprint density at radius 2 is 2.18 bits per heavy atom. The molecule has 1 aromatic rings. The molecular weight excluding hydrogens is 243 g/mol. The number of aliphatic hydroxyl groups excluding tert-OH is 1. The zero-order chi connectivity index (χ0) is 13.1. The van der Waals surface area contributed by atoms with Crippen molar-refractivity contribution in [1.82, 2.24) is 0 Å². The fraction of sp³-hybridized carbons (Fsp3) is 0.538. The van der Waals surface area contributed by atoms with Crippen molar-refractivity contribution in [3.05, 3.63) is 34.6 Å². The molecule has 0 amide bonds. The van der Waals surface area contributed by atoms with Gasteiger partial charge in [0.25, 0.3) is 0 Å². The van der Waals surface area contributed by atoms with Crippen LogP contribution in [0.1, 0.15) is 25.8 Å². The standard InChI is InChI=1S/C13H18ClFO2/c1-4-13(2,17-3)12(16)8-9-7-10(15)5-6-11(9)14/h5-7,12,16H,4,8H2,1-3H3. The molecule has 2 nitrogen and oxygen atoms in total. The highest BCUT2D eigenvalue weighted by Gasteiger charge is 2.31. The zero-order valence-electron chi connectivity index (χ0n) is 10.3. The van der Waals surface area contributed by atoms with Crippen LogP contribution in [0.25, 0.3) is 0 Å². The lowest BCUT2D eigenvalue weighted by Gasteiger charge is -2.32. The van der Waals surface area contributed by atoms with Gasteiger partial charge in [0, 0.05) is 18.6 Å². The number of ether oxygens (including phenoxy) is 1. The van der Waals surface area contributed by atoms with Gasteiger partial charge in [-0.05, 0) is 37.1 Å². The number of rotatable bonds is 5. The Hall–Kier alpha value is -0.640. The van der Waals surface area contributed by atoms with Crippen molar-refractivity contribution >= 4 is 11.6 Å². The van der Waals surface area contributed by atoms with Crippen molar-refractivity contribution in [1.29, 1.82) is 0 Å². The van der Waals surface area contributed by atoms with E-state index in [9.17, 15) is 9.50 Å². The Labute approximate surface area is 106 Å². The summed E-state index contributed by atoms with van der Waals surface area (Å²) in [5, 5.41) is 10.6. The molecule has 0 spiro atoms. The molecule has 0 aromatic heterocycles. The summed E-state index contributed by atoms with van der Waals surface area (Å²) in [6.45, 7) is 3.75. The zero-order valence-corrected chi connectivity index (χ0v) is 11.1. The number of hydrogen-bond donors (Lipinski definition) is 1.